The molecule has 0 saturated heterocycles. The molecule has 0 radical (unpaired) electrons. The van der Waals surface area contributed by atoms with Crippen LogP contribution < -0.4 is 0 Å². The van der Waals surface area contributed by atoms with Gasteiger partial charge in [0, 0.05) is 38.3 Å². The molecule has 3 nitrogen and oxygen atoms in total. The first kappa shape index (κ1) is 48.8. The third-order valence-electron chi connectivity index (χ3n) is 9.72. The van der Waals surface area contributed by atoms with Crippen LogP contribution in [0.3, 0.4) is 0 Å². The van der Waals surface area contributed by atoms with E-state index in [9.17, 15) is 13.2 Å². The summed E-state index contributed by atoms with van der Waals surface area (Å²) >= 11 is 4.02. The van der Waals surface area contributed by atoms with Crippen molar-refractivity contribution in [3.63, 3.8) is 0 Å². The minimum atomic E-state index is -1.00. The van der Waals surface area contributed by atoms with Crippen LogP contribution in [0.2, 0.25) is 0 Å². The molecule has 0 amide bonds. The molecule has 1 aromatic carbocycles. The van der Waals surface area contributed by atoms with Gasteiger partial charge in [0.1, 0.15) is 5.82 Å². The van der Waals surface area contributed by atoms with Crippen LogP contribution in [0.25, 0.3) is 0 Å². The number of aliphatic hydroxyl groups is 1. The summed E-state index contributed by atoms with van der Waals surface area (Å²) in [5.74, 6) is 2.38. The molecule has 1 heterocycles. The summed E-state index contributed by atoms with van der Waals surface area (Å²) < 4.78 is 47.0. The van der Waals surface area contributed by atoms with Crippen LogP contribution in [0.4, 0.5) is 13.2 Å². The molecular formula is C44H74F3NO2S2. The van der Waals surface area contributed by atoms with Crippen LogP contribution in [-0.2, 0) is 17.6 Å². The smallest absolute Gasteiger partial charge is 0.165 e. The van der Waals surface area contributed by atoms with E-state index in [1.165, 1.54) is 152 Å². The van der Waals surface area contributed by atoms with Crippen LogP contribution in [0.5, 0.6) is 0 Å². The highest BCUT2D eigenvalue weighted by molar-refractivity contribution is 7.99. The lowest BCUT2D eigenvalue weighted by Crippen LogP contribution is -2.05. The zero-order valence-electron chi connectivity index (χ0n) is 33.3. The van der Waals surface area contributed by atoms with Crippen molar-refractivity contribution in [2.75, 3.05) is 43.3 Å². The van der Waals surface area contributed by atoms with E-state index in [0.717, 1.165) is 38.0 Å². The summed E-state index contributed by atoms with van der Waals surface area (Å²) in [4.78, 5) is 4.16. The number of aliphatic hydroxyl groups excluding tert-OH is 1. The second-order valence-electron chi connectivity index (χ2n) is 14.3. The highest BCUT2D eigenvalue weighted by Crippen LogP contribution is 2.26. The number of aryl methyl sites for hydroxylation is 1. The van der Waals surface area contributed by atoms with Crippen molar-refractivity contribution < 1.29 is 23.0 Å². The third-order valence-corrected chi connectivity index (χ3v) is 12.0. The van der Waals surface area contributed by atoms with E-state index in [4.69, 9.17) is 9.84 Å². The Morgan fingerprint density at radius 2 is 1.00 bits per heavy atom. The fraction of sp³-hybridized carbons (Fsp3) is 0.750. The van der Waals surface area contributed by atoms with E-state index in [-0.39, 0.29) is 23.1 Å². The van der Waals surface area contributed by atoms with Gasteiger partial charge in [-0.1, -0.05) is 109 Å². The lowest BCUT2D eigenvalue weighted by molar-refractivity contribution is 0.200. The Labute approximate surface area is 325 Å². The Balaban J connectivity index is 0.000000534. The van der Waals surface area contributed by atoms with Crippen molar-refractivity contribution in [2.45, 2.75) is 168 Å². The van der Waals surface area contributed by atoms with Crippen LogP contribution in [-0.4, -0.2) is 53.4 Å². The SMILES string of the molecule is COCCCSCCCCCCCCCCCCc1c(F)c(C)c(C)c(F)c1F.OCCCSCCCCCCCCCCCCc1cccnc1. The number of thioether (sulfide) groups is 2. The fourth-order valence-corrected chi connectivity index (χ4v) is 8.14. The number of unbranched alkanes of at least 4 members (excludes halogenated alkanes) is 18. The van der Waals surface area contributed by atoms with Crippen molar-refractivity contribution in [3.8, 4) is 0 Å². The lowest BCUT2D eigenvalue weighted by Gasteiger charge is -2.11. The second-order valence-corrected chi connectivity index (χ2v) is 16.7. The van der Waals surface area contributed by atoms with E-state index in [2.05, 4.69) is 11.1 Å². The molecule has 52 heavy (non-hydrogen) atoms. The van der Waals surface area contributed by atoms with E-state index >= 15 is 0 Å². The first-order valence-electron chi connectivity index (χ1n) is 20.7. The number of hydrogen-bond donors (Lipinski definition) is 1. The summed E-state index contributed by atoms with van der Waals surface area (Å²) in [5, 5.41) is 8.69. The first-order chi connectivity index (χ1) is 25.4. The highest BCUT2D eigenvalue weighted by Gasteiger charge is 2.19. The highest BCUT2D eigenvalue weighted by atomic mass is 32.2. The van der Waals surface area contributed by atoms with E-state index in [1.807, 2.05) is 42.0 Å². The fourth-order valence-electron chi connectivity index (χ4n) is 6.26. The maximum Gasteiger partial charge on any atom is 0.165 e. The molecule has 0 aliphatic heterocycles. The van der Waals surface area contributed by atoms with Gasteiger partial charge in [0.05, 0.1) is 0 Å². The molecule has 0 spiro atoms. The third kappa shape index (κ3) is 25.7. The Morgan fingerprint density at radius 3 is 1.48 bits per heavy atom. The van der Waals surface area contributed by atoms with Gasteiger partial charge in [0.25, 0.3) is 0 Å². The number of ether oxygens (including phenoxy) is 1. The van der Waals surface area contributed by atoms with E-state index < -0.39 is 17.5 Å². The van der Waals surface area contributed by atoms with Crippen molar-refractivity contribution >= 4 is 23.5 Å². The summed E-state index contributed by atoms with van der Waals surface area (Å²) in [6, 6.07) is 4.21. The summed E-state index contributed by atoms with van der Waals surface area (Å²) in [5.41, 5.74) is 1.60. The largest absolute Gasteiger partial charge is 0.396 e. The lowest BCUT2D eigenvalue weighted by atomic mass is 9.98. The predicted molar refractivity (Wildman–Crippen MR) is 223 cm³/mol. The van der Waals surface area contributed by atoms with Gasteiger partial charge in [-0.25, -0.2) is 13.2 Å². The molecule has 0 aliphatic carbocycles. The number of rotatable bonds is 33. The van der Waals surface area contributed by atoms with Gasteiger partial charge in [-0.3, -0.25) is 4.98 Å². The van der Waals surface area contributed by atoms with Gasteiger partial charge in [-0.05, 0) is 111 Å². The molecule has 2 aromatic rings. The Bertz CT molecular complexity index is 1060. The quantitative estimate of drug-likeness (QED) is 0.0578. The maximum atomic E-state index is 14.2. The van der Waals surface area contributed by atoms with Crippen LogP contribution >= 0.6 is 23.5 Å². The van der Waals surface area contributed by atoms with Crippen LogP contribution in [0.1, 0.15) is 164 Å². The van der Waals surface area contributed by atoms with Crippen molar-refractivity contribution in [1.82, 2.24) is 4.98 Å². The van der Waals surface area contributed by atoms with Crippen LogP contribution in [0, 0.1) is 31.3 Å². The number of aromatic nitrogens is 1. The van der Waals surface area contributed by atoms with Gasteiger partial charge in [0.15, 0.2) is 11.6 Å². The molecule has 0 bridgehead atoms. The molecule has 1 aromatic heterocycles. The molecule has 0 unspecified atom stereocenters. The monoisotopic (exact) mass is 770 g/mol. The van der Waals surface area contributed by atoms with Crippen molar-refractivity contribution in [1.29, 1.82) is 0 Å². The molecule has 0 atom stereocenters. The number of benzene rings is 1. The van der Waals surface area contributed by atoms with Crippen molar-refractivity contribution in [3.05, 3.63) is 64.2 Å². The maximum absolute atomic E-state index is 14.2. The van der Waals surface area contributed by atoms with Gasteiger partial charge in [-0.15, -0.1) is 0 Å². The topological polar surface area (TPSA) is 42.4 Å². The first-order valence-corrected chi connectivity index (χ1v) is 23.0. The minimum absolute atomic E-state index is 0.0737. The Hall–Kier alpha value is -1.22. The predicted octanol–water partition coefficient (Wildman–Crippen LogP) is 13.6. The van der Waals surface area contributed by atoms with Gasteiger partial charge in [0.2, 0.25) is 0 Å². The number of nitrogens with zero attached hydrogens (tertiary/aromatic N) is 1. The average molecular weight is 770 g/mol. The molecule has 0 fully saturated rings. The summed E-state index contributed by atoms with van der Waals surface area (Å²) in [6.07, 6.45) is 32.9. The van der Waals surface area contributed by atoms with E-state index in [1.54, 1.807) is 7.11 Å². The molecular weight excluding hydrogens is 696 g/mol. The Morgan fingerprint density at radius 1 is 0.558 bits per heavy atom. The molecule has 0 aliphatic rings. The van der Waals surface area contributed by atoms with Gasteiger partial charge in [-0.2, -0.15) is 23.5 Å². The standard InChI is InChI=1S/C24H39F3OS.C20H35NOS/c1-19-20(2)23(26)24(27)21(22(19)25)15-12-10-8-6-4-5-7-9-11-13-17-29-18-14-16-28-3;22-16-12-18-23-17-10-8-6-4-2-1-3-5-7-9-13-20-14-11-15-21-19-20/h4-18H2,1-3H3;11,14-15,19,22H,1-10,12-13,16-18H2. The molecule has 2 rings (SSSR count). The normalized spacial score (nSPS) is 11.2. The summed E-state index contributed by atoms with van der Waals surface area (Å²) in [6.45, 7) is 4.14. The molecule has 0 saturated carbocycles. The average Bonchev–Trinajstić information content (AvgIpc) is 3.16. The van der Waals surface area contributed by atoms with Gasteiger partial charge < -0.3 is 9.84 Å². The van der Waals surface area contributed by atoms with Crippen LogP contribution in [0.15, 0.2) is 24.5 Å². The summed E-state index contributed by atoms with van der Waals surface area (Å²) in [7, 11) is 1.75. The van der Waals surface area contributed by atoms with E-state index in [0.29, 0.717) is 13.0 Å². The number of methoxy groups -OCH3 is 1. The number of pyridine rings is 1. The Kier molecular flexibility index (Phi) is 33.3. The van der Waals surface area contributed by atoms with Gasteiger partial charge >= 0.3 is 0 Å². The zero-order valence-corrected chi connectivity index (χ0v) is 34.9. The molecule has 8 heteroatoms. The zero-order chi connectivity index (χ0) is 37.9. The number of hydrogen-bond acceptors (Lipinski definition) is 5. The van der Waals surface area contributed by atoms with Crippen molar-refractivity contribution in [2.24, 2.45) is 0 Å². The second kappa shape index (κ2) is 35.5. The molecule has 1 N–H and O–H groups in total. The minimum Gasteiger partial charge on any atom is -0.396 e. The number of halogens is 3. The molecule has 300 valence electrons.